The van der Waals surface area contributed by atoms with E-state index in [-0.39, 0.29) is 0 Å². The summed E-state index contributed by atoms with van der Waals surface area (Å²) in [7, 11) is 0. The first-order valence-electron chi connectivity index (χ1n) is 7.64. The summed E-state index contributed by atoms with van der Waals surface area (Å²) in [5.74, 6) is 0. The van der Waals surface area contributed by atoms with Crippen LogP contribution in [0.3, 0.4) is 0 Å². The summed E-state index contributed by atoms with van der Waals surface area (Å²) in [6.45, 7) is 11.5. The molecule has 1 aliphatic heterocycles. The van der Waals surface area contributed by atoms with E-state index < -0.39 is 0 Å². The Kier molecular flexibility index (Phi) is 5.00. The largest absolute Gasteiger partial charge is 0.313 e. The summed E-state index contributed by atoms with van der Waals surface area (Å²) in [6.07, 6.45) is 2.65. The third-order valence-electron chi connectivity index (χ3n) is 4.39. The van der Waals surface area contributed by atoms with Crippen molar-refractivity contribution < 1.29 is 0 Å². The summed E-state index contributed by atoms with van der Waals surface area (Å²) >= 11 is 0. The van der Waals surface area contributed by atoms with E-state index in [1.807, 2.05) is 0 Å². The zero-order valence-corrected chi connectivity index (χ0v) is 12.8. The standard InChI is InChI=1S/C17H28N2/c1-13(2)19(12-16-9-7-11-18-16)15(4)17-10-6-5-8-14(17)3/h5-6,8,10,13,15-16,18H,7,9,11-12H2,1-4H3. The van der Waals surface area contributed by atoms with Crippen molar-refractivity contribution in [3.05, 3.63) is 35.4 Å². The number of hydrogen-bond acceptors (Lipinski definition) is 2. The van der Waals surface area contributed by atoms with E-state index in [0.717, 1.165) is 6.54 Å². The van der Waals surface area contributed by atoms with E-state index in [2.05, 4.69) is 62.2 Å². The molecule has 1 aromatic carbocycles. The normalized spacial score (nSPS) is 21.3. The van der Waals surface area contributed by atoms with Crippen LogP contribution in [0.15, 0.2) is 24.3 Å². The summed E-state index contributed by atoms with van der Waals surface area (Å²) < 4.78 is 0. The van der Waals surface area contributed by atoms with Gasteiger partial charge in [0.1, 0.15) is 0 Å². The molecular formula is C17H28N2. The Balaban J connectivity index is 2.11. The van der Waals surface area contributed by atoms with Crippen molar-refractivity contribution in [3.63, 3.8) is 0 Å². The molecule has 2 nitrogen and oxygen atoms in total. The average Bonchev–Trinajstić information content (AvgIpc) is 2.88. The highest BCUT2D eigenvalue weighted by molar-refractivity contribution is 5.28. The third-order valence-corrected chi connectivity index (χ3v) is 4.39. The Labute approximate surface area is 118 Å². The topological polar surface area (TPSA) is 15.3 Å². The number of benzene rings is 1. The van der Waals surface area contributed by atoms with Crippen molar-refractivity contribution in [1.82, 2.24) is 10.2 Å². The van der Waals surface area contributed by atoms with Gasteiger partial charge in [-0.05, 0) is 58.2 Å². The van der Waals surface area contributed by atoms with E-state index in [1.54, 1.807) is 0 Å². The highest BCUT2D eigenvalue weighted by Crippen LogP contribution is 2.26. The first-order chi connectivity index (χ1) is 9.09. The molecule has 19 heavy (non-hydrogen) atoms. The van der Waals surface area contributed by atoms with E-state index in [9.17, 15) is 0 Å². The third kappa shape index (κ3) is 3.58. The molecule has 2 heteroatoms. The van der Waals surface area contributed by atoms with E-state index in [0.29, 0.717) is 18.1 Å². The quantitative estimate of drug-likeness (QED) is 0.871. The fourth-order valence-corrected chi connectivity index (χ4v) is 3.22. The molecule has 0 amide bonds. The van der Waals surface area contributed by atoms with Gasteiger partial charge in [0.25, 0.3) is 0 Å². The van der Waals surface area contributed by atoms with Gasteiger partial charge in [-0.3, -0.25) is 4.90 Å². The molecule has 0 aliphatic carbocycles. The second-order valence-electron chi connectivity index (χ2n) is 6.12. The Hall–Kier alpha value is -0.860. The maximum absolute atomic E-state index is 3.62. The Morgan fingerprint density at radius 2 is 2.00 bits per heavy atom. The molecule has 0 spiro atoms. The van der Waals surface area contributed by atoms with Gasteiger partial charge in [-0.25, -0.2) is 0 Å². The van der Waals surface area contributed by atoms with Gasteiger partial charge in [0, 0.05) is 24.7 Å². The molecule has 0 bridgehead atoms. The summed E-state index contributed by atoms with van der Waals surface area (Å²) in [5, 5.41) is 3.62. The van der Waals surface area contributed by atoms with Crippen LogP contribution in [0.25, 0.3) is 0 Å². The molecule has 1 aromatic rings. The average molecular weight is 260 g/mol. The van der Waals surface area contributed by atoms with Gasteiger partial charge in [0.2, 0.25) is 0 Å². The first kappa shape index (κ1) is 14.5. The maximum atomic E-state index is 3.62. The Bertz CT molecular complexity index is 394. The molecule has 2 unspecified atom stereocenters. The van der Waals surface area contributed by atoms with E-state index in [4.69, 9.17) is 0 Å². The fourth-order valence-electron chi connectivity index (χ4n) is 3.22. The predicted molar refractivity (Wildman–Crippen MR) is 82.5 cm³/mol. The van der Waals surface area contributed by atoms with Crippen LogP contribution in [-0.4, -0.2) is 30.1 Å². The van der Waals surface area contributed by atoms with Crippen molar-refractivity contribution in [2.75, 3.05) is 13.1 Å². The number of aryl methyl sites for hydroxylation is 1. The SMILES string of the molecule is Cc1ccccc1C(C)N(CC1CCCN1)C(C)C. The van der Waals surface area contributed by atoms with Crippen LogP contribution in [0.1, 0.15) is 50.8 Å². The van der Waals surface area contributed by atoms with Gasteiger partial charge in [0.05, 0.1) is 0 Å². The lowest BCUT2D eigenvalue weighted by Gasteiger charge is -2.35. The summed E-state index contributed by atoms with van der Waals surface area (Å²) in [6, 6.07) is 10.5. The van der Waals surface area contributed by atoms with Crippen LogP contribution in [0.4, 0.5) is 0 Å². The molecule has 1 aliphatic rings. The van der Waals surface area contributed by atoms with Crippen LogP contribution in [0.2, 0.25) is 0 Å². The van der Waals surface area contributed by atoms with Crippen molar-refractivity contribution >= 4 is 0 Å². The number of rotatable bonds is 5. The zero-order valence-electron chi connectivity index (χ0n) is 12.8. The zero-order chi connectivity index (χ0) is 13.8. The number of hydrogen-bond donors (Lipinski definition) is 1. The number of nitrogens with zero attached hydrogens (tertiary/aromatic N) is 1. The number of nitrogens with one attached hydrogen (secondary N) is 1. The smallest absolute Gasteiger partial charge is 0.0325 e. The lowest BCUT2D eigenvalue weighted by molar-refractivity contribution is 0.149. The van der Waals surface area contributed by atoms with Crippen molar-refractivity contribution in [1.29, 1.82) is 0 Å². The minimum absolute atomic E-state index is 0.489. The molecule has 0 aromatic heterocycles. The summed E-state index contributed by atoms with van der Waals surface area (Å²) in [5.41, 5.74) is 2.87. The second-order valence-corrected chi connectivity index (χ2v) is 6.12. The maximum Gasteiger partial charge on any atom is 0.0325 e. The molecule has 2 atom stereocenters. The molecule has 1 heterocycles. The van der Waals surface area contributed by atoms with Crippen LogP contribution in [-0.2, 0) is 0 Å². The Morgan fingerprint density at radius 1 is 1.26 bits per heavy atom. The Morgan fingerprint density at radius 3 is 2.58 bits per heavy atom. The van der Waals surface area contributed by atoms with Crippen LogP contribution < -0.4 is 5.32 Å². The minimum Gasteiger partial charge on any atom is -0.313 e. The molecule has 1 N–H and O–H groups in total. The minimum atomic E-state index is 0.489. The van der Waals surface area contributed by atoms with Gasteiger partial charge in [-0.2, -0.15) is 0 Å². The predicted octanol–water partition coefficient (Wildman–Crippen LogP) is 3.52. The lowest BCUT2D eigenvalue weighted by atomic mass is 9.99. The van der Waals surface area contributed by atoms with Gasteiger partial charge in [-0.15, -0.1) is 0 Å². The van der Waals surface area contributed by atoms with Gasteiger partial charge < -0.3 is 5.32 Å². The van der Waals surface area contributed by atoms with Crippen LogP contribution in [0.5, 0.6) is 0 Å². The van der Waals surface area contributed by atoms with Crippen LogP contribution >= 0.6 is 0 Å². The van der Waals surface area contributed by atoms with E-state index in [1.165, 1.54) is 30.5 Å². The molecule has 0 saturated carbocycles. The van der Waals surface area contributed by atoms with Gasteiger partial charge in [-0.1, -0.05) is 24.3 Å². The van der Waals surface area contributed by atoms with Gasteiger partial charge >= 0.3 is 0 Å². The van der Waals surface area contributed by atoms with Crippen LogP contribution in [0, 0.1) is 6.92 Å². The van der Waals surface area contributed by atoms with Crippen molar-refractivity contribution in [3.8, 4) is 0 Å². The van der Waals surface area contributed by atoms with E-state index >= 15 is 0 Å². The summed E-state index contributed by atoms with van der Waals surface area (Å²) in [4.78, 5) is 2.63. The highest BCUT2D eigenvalue weighted by atomic mass is 15.2. The molecule has 0 radical (unpaired) electrons. The highest BCUT2D eigenvalue weighted by Gasteiger charge is 2.24. The monoisotopic (exact) mass is 260 g/mol. The lowest BCUT2D eigenvalue weighted by Crippen LogP contribution is -2.42. The fraction of sp³-hybridized carbons (Fsp3) is 0.647. The molecular weight excluding hydrogens is 232 g/mol. The molecule has 2 rings (SSSR count). The molecule has 106 valence electrons. The van der Waals surface area contributed by atoms with Crippen molar-refractivity contribution in [2.45, 2.75) is 58.7 Å². The van der Waals surface area contributed by atoms with Crippen molar-refractivity contribution in [2.24, 2.45) is 0 Å². The second kappa shape index (κ2) is 6.53. The molecule has 1 saturated heterocycles. The first-order valence-corrected chi connectivity index (χ1v) is 7.64. The van der Waals surface area contributed by atoms with Gasteiger partial charge in [0.15, 0.2) is 0 Å². The molecule has 1 fully saturated rings.